The van der Waals surface area contributed by atoms with E-state index in [4.69, 9.17) is 25.8 Å². The molecule has 26 heavy (non-hydrogen) atoms. The summed E-state index contributed by atoms with van der Waals surface area (Å²) in [5.41, 5.74) is 1.12. The van der Waals surface area contributed by atoms with Crippen LogP contribution in [0, 0.1) is 0 Å². The smallest absolute Gasteiger partial charge is 0.160 e. The summed E-state index contributed by atoms with van der Waals surface area (Å²) in [5, 5.41) is 20.0. The molecule has 3 rings (SSSR count). The molecule has 1 heterocycles. The van der Waals surface area contributed by atoms with E-state index in [1.165, 1.54) is 0 Å². The third-order valence-electron chi connectivity index (χ3n) is 4.35. The molecule has 0 bridgehead atoms. The summed E-state index contributed by atoms with van der Waals surface area (Å²) in [5.74, 6) is 0. The van der Waals surface area contributed by atoms with Crippen LogP contribution in [-0.2, 0) is 27.4 Å². The van der Waals surface area contributed by atoms with Crippen molar-refractivity contribution in [2.75, 3.05) is 6.61 Å². The first-order valence-corrected chi connectivity index (χ1v) is 9.02. The molecule has 1 saturated heterocycles. The highest BCUT2D eigenvalue weighted by atomic mass is 35.5. The molecule has 0 unspecified atom stereocenters. The standard InChI is InChI=1S/C20H23ClO5/c21-20-19(25-13-15-9-5-2-6-10-15)18(17(23)16(11-22)26-20)24-12-14-7-3-1-4-8-14/h1-10,16-20,22-23H,11-13H2/t16-,17-,18+,19+,20+/m1/s1. The number of ether oxygens (including phenoxy) is 3. The SMILES string of the molecule is OC[C@H]1O[C@H](Cl)[C@@H](OCc2ccccc2)[C@@H](OCc2ccccc2)[C@@H]1O. The number of rotatable bonds is 7. The Balaban J connectivity index is 1.69. The summed E-state index contributed by atoms with van der Waals surface area (Å²) in [6.45, 7) is 0.274. The maximum Gasteiger partial charge on any atom is 0.160 e. The minimum Gasteiger partial charge on any atom is -0.394 e. The van der Waals surface area contributed by atoms with Gasteiger partial charge in [-0.2, -0.15) is 0 Å². The lowest BCUT2D eigenvalue weighted by Crippen LogP contribution is -2.58. The number of halogens is 1. The fourth-order valence-corrected chi connectivity index (χ4v) is 3.28. The van der Waals surface area contributed by atoms with Crippen LogP contribution >= 0.6 is 11.6 Å². The Kier molecular flexibility index (Phi) is 7.02. The van der Waals surface area contributed by atoms with Crippen LogP contribution in [0.2, 0.25) is 0 Å². The molecule has 1 fully saturated rings. The Morgan fingerprint density at radius 3 is 1.85 bits per heavy atom. The maximum atomic E-state index is 10.5. The minimum absolute atomic E-state index is 0.301. The van der Waals surface area contributed by atoms with Crippen molar-refractivity contribution in [2.24, 2.45) is 0 Å². The topological polar surface area (TPSA) is 68.2 Å². The summed E-state index contributed by atoms with van der Waals surface area (Å²) in [4.78, 5) is 0. The van der Waals surface area contributed by atoms with Gasteiger partial charge in [0, 0.05) is 0 Å². The van der Waals surface area contributed by atoms with Gasteiger partial charge in [0.05, 0.1) is 19.8 Å². The average molecular weight is 379 g/mol. The predicted molar refractivity (Wildman–Crippen MR) is 97.6 cm³/mol. The Hall–Kier alpha value is -1.47. The van der Waals surface area contributed by atoms with Gasteiger partial charge < -0.3 is 24.4 Å². The Labute approximate surface area is 158 Å². The molecular weight excluding hydrogens is 356 g/mol. The number of hydrogen-bond acceptors (Lipinski definition) is 5. The van der Waals surface area contributed by atoms with E-state index in [1.807, 2.05) is 60.7 Å². The lowest BCUT2D eigenvalue weighted by molar-refractivity contribution is -0.239. The molecule has 0 saturated carbocycles. The number of alkyl halides is 1. The summed E-state index contributed by atoms with van der Waals surface area (Å²) in [7, 11) is 0. The van der Waals surface area contributed by atoms with E-state index in [2.05, 4.69) is 0 Å². The summed E-state index contributed by atoms with van der Waals surface area (Å²) < 4.78 is 17.3. The van der Waals surface area contributed by atoms with Gasteiger partial charge in [-0.15, -0.1) is 0 Å². The molecular formula is C20H23ClO5. The van der Waals surface area contributed by atoms with Crippen LogP contribution in [0.25, 0.3) is 0 Å². The molecule has 2 N–H and O–H groups in total. The second-order valence-electron chi connectivity index (χ2n) is 6.22. The predicted octanol–water partition coefficient (Wildman–Crippen LogP) is 2.47. The quantitative estimate of drug-likeness (QED) is 0.724. The molecule has 5 atom stereocenters. The van der Waals surface area contributed by atoms with Crippen molar-refractivity contribution in [3.8, 4) is 0 Å². The first-order chi connectivity index (χ1) is 12.7. The molecule has 2 aromatic carbocycles. The second kappa shape index (κ2) is 9.46. The van der Waals surface area contributed by atoms with Gasteiger partial charge in [-0.25, -0.2) is 0 Å². The molecule has 0 amide bonds. The van der Waals surface area contributed by atoms with Crippen LogP contribution in [0.1, 0.15) is 11.1 Å². The number of aliphatic hydroxyl groups excluding tert-OH is 2. The van der Waals surface area contributed by atoms with Gasteiger partial charge in [0.15, 0.2) is 5.56 Å². The average Bonchev–Trinajstić information content (AvgIpc) is 2.69. The van der Waals surface area contributed by atoms with E-state index in [1.54, 1.807) is 0 Å². The number of benzene rings is 2. The van der Waals surface area contributed by atoms with Gasteiger partial charge in [-0.05, 0) is 11.1 Å². The van der Waals surface area contributed by atoms with Gasteiger partial charge in [0.2, 0.25) is 0 Å². The molecule has 0 aliphatic carbocycles. The summed E-state index contributed by atoms with van der Waals surface area (Å²) >= 11 is 6.31. The van der Waals surface area contributed by atoms with Crippen molar-refractivity contribution in [3.63, 3.8) is 0 Å². The minimum atomic E-state index is -1.04. The van der Waals surface area contributed by atoms with Crippen LogP contribution < -0.4 is 0 Å². The Morgan fingerprint density at radius 2 is 1.35 bits per heavy atom. The van der Waals surface area contributed by atoms with Crippen molar-refractivity contribution in [1.82, 2.24) is 0 Å². The van der Waals surface area contributed by atoms with E-state index in [9.17, 15) is 10.2 Å². The van der Waals surface area contributed by atoms with E-state index in [0.29, 0.717) is 13.2 Å². The molecule has 0 radical (unpaired) electrons. The van der Waals surface area contributed by atoms with Crippen LogP contribution in [0.4, 0.5) is 0 Å². The lowest BCUT2D eigenvalue weighted by Gasteiger charge is -2.42. The van der Waals surface area contributed by atoms with Crippen molar-refractivity contribution in [3.05, 3.63) is 71.8 Å². The highest BCUT2D eigenvalue weighted by Gasteiger charge is 2.46. The van der Waals surface area contributed by atoms with Crippen molar-refractivity contribution in [2.45, 2.75) is 43.2 Å². The van der Waals surface area contributed by atoms with Crippen LogP contribution in [0.15, 0.2) is 60.7 Å². The third-order valence-corrected chi connectivity index (χ3v) is 4.71. The van der Waals surface area contributed by atoms with Gasteiger partial charge in [0.1, 0.15) is 24.4 Å². The molecule has 1 aliphatic rings. The van der Waals surface area contributed by atoms with Gasteiger partial charge in [-0.1, -0.05) is 72.3 Å². The lowest BCUT2D eigenvalue weighted by atomic mass is 9.99. The monoisotopic (exact) mass is 378 g/mol. The first-order valence-electron chi connectivity index (χ1n) is 8.58. The van der Waals surface area contributed by atoms with E-state index in [0.717, 1.165) is 11.1 Å². The van der Waals surface area contributed by atoms with Gasteiger partial charge in [-0.3, -0.25) is 0 Å². The highest BCUT2D eigenvalue weighted by Crippen LogP contribution is 2.29. The van der Waals surface area contributed by atoms with E-state index < -0.39 is 30.0 Å². The largest absolute Gasteiger partial charge is 0.394 e. The fraction of sp³-hybridized carbons (Fsp3) is 0.400. The number of aliphatic hydroxyl groups is 2. The summed E-state index contributed by atoms with van der Waals surface area (Å²) in [6.07, 6.45) is -3.24. The summed E-state index contributed by atoms with van der Waals surface area (Å²) in [6, 6.07) is 19.3. The van der Waals surface area contributed by atoms with E-state index >= 15 is 0 Å². The number of hydrogen-bond donors (Lipinski definition) is 2. The Bertz CT molecular complexity index is 654. The second-order valence-corrected chi connectivity index (χ2v) is 6.65. The molecule has 0 spiro atoms. The fourth-order valence-electron chi connectivity index (χ4n) is 2.93. The van der Waals surface area contributed by atoms with Crippen molar-refractivity contribution >= 4 is 11.6 Å². The Morgan fingerprint density at radius 1 is 0.846 bits per heavy atom. The zero-order valence-electron chi connectivity index (χ0n) is 14.3. The third kappa shape index (κ3) is 4.82. The molecule has 2 aromatic rings. The first kappa shape index (κ1) is 19.3. The molecule has 1 aliphatic heterocycles. The molecule has 140 valence electrons. The van der Waals surface area contributed by atoms with Crippen LogP contribution in [0.3, 0.4) is 0 Å². The van der Waals surface area contributed by atoms with Crippen molar-refractivity contribution < 1.29 is 24.4 Å². The zero-order valence-corrected chi connectivity index (χ0v) is 15.0. The highest BCUT2D eigenvalue weighted by molar-refractivity contribution is 6.20. The zero-order chi connectivity index (χ0) is 18.4. The van der Waals surface area contributed by atoms with Crippen LogP contribution in [0.5, 0.6) is 0 Å². The maximum absolute atomic E-state index is 10.5. The van der Waals surface area contributed by atoms with E-state index in [-0.39, 0.29) is 6.61 Å². The molecule has 0 aromatic heterocycles. The van der Waals surface area contributed by atoms with Gasteiger partial charge >= 0.3 is 0 Å². The molecule has 5 nitrogen and oxygen atoms in total. The normalized spacial score (nSPS) is 28.8. The molecule has 6 heteroatoms. The van der Waals surface area contributed by atoms with Gasteiger partial charge in [0.25, 0.3) is 0 Å². The van der Waals surface area contributed by atoms with Crippen LogP contribution in [-0.4, -0.2) is 46.8 Å². The van der Waals surface area contributed by atoms with Crippen molar-refractivity contribution in [1.29, 1.82) is 0 Å².